The van der Waals surface area contributed by atoms with Gasteiger partial charge in [-0.05, 0) is 12.1 Å². The molecule has 0 saturated heterocycles. The minimum atomic E-state index is -0.796. The molecule has 0 aromatic heterocycles. The number of carbonyl (C=O) groups is 2. The number of rotatable bonds is 4. The molecule has 0 heterocycles. The fourth-order valence-corrected chi connectivity index (χ4v) is 1.49. The summed E-state index contributed by atoms with van der Waals surface area (Å²) in [6, 6.07) is 5.78. The maximum absolute atomic E-state index is 11.8. The molecule has 7 heteroatoms. The maximum atomic E-state index is 11.8. The van der Waals surface area contributed by atoms with Gasteiger partial charge in [0.2, 0.25) is 0 Å². The number of amides is 2. The van der Waals surface area contributed by atoms with Gasteiger partial charge in [-0.2, -0.15) is 12.6 Å². The molecule has 0 bridgehead atoms. The summed E-state index contributed by atoms with van der Waals surface area (Å²) in [4.78, 5) is 23.1. The number of hydrazine groups is 1. The quantitative estimate of drug-likeness (QED) is 0.161. The normalized spacial score (nSPS) is 11.6. The highest BCUT2D eigenvalue weighted by Crippen LogP contribution is 2.10. The van der Waals surface area contributed by atoms with Crippen LogP contribution in [0, 0.1) is 0 Å². The number of hydrogen-bond acceptors (Lipinski definition) is 5. The molecule has 1 rings (SSSR count). The standard InChI is InChI=1S/C10H14N4O2S/c11-7-4-2-1-3-6(7)9(15)13-8(5-17)10(16)14-12/h1-4,8,17H,5,11-12H2,(H,13,15)(H,14,16)/t8-/m0/s1. The lowest BCUT2D eigenvalue weighted by Gasteiger charge is -2.15. The first kappa shape index (κ1) is 13.3. The van der Waals surface area contributed by atoms with E-state index >= 15 is 0 Å². The average Bonchev–Trinajstić information content (AvgIpc) is 2.35. The van der Waals surface area contributed by atoms with E-state index < -0.39 is 17.9 Å². The summed E-state index contributed by atoms with van der Waals surface area (Å²) in [6.07, 6.45) is 0. The van der Waals surface area contributed by atoms with Crippen LogP contribution in [0.3, 0.4) is 0 Å². The lowest BCUT2D eigenvalue weighted by Crippen LogP contribution is -2.50. The van der Waals surface area contributed by atoms with Gasteiger partial charge >= 0.3 is 0 Å². The van der Waals surface area contributed by atoms with Gasteiger partial charge in [-0.1, -0.05) is 12.1 Å². The van der Waals surface area contributed by atoms with Crippen molar-refractivity contribution in [2.45, 2.75) is 6.04 Å². The summed E-state index contributed by atoms with van der Waals surface area (Å²) in [6.45, 7) is 0. The molecule has 6 N–H and O–H groups in total. The molecule has 1 atom stereocenters. The van der Waals surface area contributed by atoms with E-state index in [0.29, 0.717) is 11.3 Å². The Morgan fingerprint density at radius 2 is 2.00 bits per heavy atom. The largest absolute Gasteiger partial charge is 0.398 e. The summed E-state index contributed by atoms with van der Waals surface area (Å²) < 4.78 is 0. The van der Waals surface area contributed by atoms with Gasteiger partial charge in [0.1, 0.15) is 6.04 Å². The number of nitrogens with one attached hydrogen (secondary N) is 2. The minimum absolute atomic E-state index is 0.140. The molecule has 92 valence electrons. The third kappa shape index (κ3) is 3.36. The van der Waals surface area contributed by atoms with Gasteiger partial charge in [0.25, 0.3) is 11.8 Å². The second kappa shape index (κ2) is 6.12. The Balaban J connectivity index is 2.78. The Labute approximate surface area is 104 Å². The van der Waals surface area contributed by atoms with E-state index in [4.69, 9.17) is 11.6 Å². The van der Waals surface area contributed by atoms with Gasteiger partial charge in [0.05, 0.1) is 5.56 Å². The van der Waals surface area contributed by atoms with Crippen LogP contribution in [0.25, 0.3) is 0 Å². The Hall–Kier alpha value is -1.73. The highest BCUT2D eigenvalue weighted by Gasteiger charge is 2.19. The molecule has 0 spiro atoms. The second-order valence-corrected chi connectivity index (χ2v) is 3.67. The summed E-state index contributed by atoms with van der Waals surface area (Å²) in [7, 11) is 0. The lowest BCUT2D eigenvalue weighted by atomic mass is 10.1. The third-order valence-corrected chi connectivity index (χ3v) is 2.52. The average molecular weight is 254 g/mol. The molecule has 1 aromatic carbocycles. The summed E-state index contributed by atoms with van der Waals surface area (Å²) >= 11 is 3.96. The van der Waals surface area contributed by atoms with Crippen molar-refractivity contribution in [3.8, 4) is 0 Å². The number of nitrogen functional groups attached to an aromatic ring is 1. The van der Waals surface area contributed by atoms with Gasteiger partial charge < -0.3 is 11.1 Å². The maximum Gasteiger partial charge on any atom is 0.257 e. The predicted molar refractivity (Wildman–Crippen MR) is 68.3 cm³/mol. The summed E-state index contributed by atoms with van der Waals surface area (Å²) in [5, 5.41) is 2.49. The topological polar surface area (TPSA) is 110 Å². The molecule has 0 fully saturated rings. The number of anilines is 1. The van der Waals surface area contributed by atoms with Crippen molar-refractivity contribution in [2.24, 2.45) is 5.84 Å². The minimum Gasteiger partial charge on any atom is -0.398 e. The van der Waals surface area contributed by atoms with Crippen molar-refractivity contribution in [2.75, 3.05) is 11.5 Å². The Kier molecular flexibility index (Phi) is 4.80. The van der Waals surface area contributed by atoms with Crippen LogP contribution < -0.4 is 22.3 Å². The van der Waals surface area contributed by atoms with Gasteiger partial charge in [-0.25, -0.2) is 5.84 Å². The summed E-state index contributed by atoms with van der Waals surface area (Å²) in [5.74, 6) is 4.17. The molecule has 0 unspecified atom stereocenters. The van der Waals surface area contributed by atoms with Crippen LogP contribution in [0.2, 0.25) is 0 Å². The zero-order valence-corrected chi connectivity index (χ0v) is 9.91. The molecule has 0 aliphatic carbocycles. The third-order valence-electron chi connectivity index (χ3n) is 2.15. The first-order chi connectivity index (χ1) is 8.10. The SMILES string of the molecule is NNC(=O)[C@H](CS)NC(=O)c1ccccc1N. The van der Waals surface area contributed by atoms with Crippen LogP contribution in [0.1, 0.15) is 10.4 Å². The van der Waals surface area contributed by atoms with Crippen LogP contribution in [0.15, 0.2) is 24.3 Å². The van der Waals surface area contributed by atoms with E-state index in [-0.39, 0.29) is 5.75 Å². The Morgan fingerprint density at radius 3 is 2.53 bits per heavy atom. The first-order valence-corrected chi connectivity index (χ1v) is 5.50. The monoisotopic (exact) mass is 254 g/mol. The van der Waals surface area contributed by atoms with Gasteiger partial charge in [-0.3, -0.25) is 15.0 Å². The van der Waals surface area contributed by atoms with Crippen LogP contribution in [0.4, 0.5) is 5.69 Å². The number of nitrogens with two attached hydrogens (primary N) is 2. The highest BCUT2D eigenvalue weighted by molar-refractivity contribution is 7.80. The van der Waals surface area contributed by atoms with E-state index in [0.717, 1.165) is 0 Å². The van der Waals surface area contributed by atoms with Gasteiger partial charge in [0.15, 0.2) is 0 Å². The second-order valence-electron chi connectivity index (χ2n) is 3.30. The molecular weight excluding hydrogens is 240 g/mol. The van der Waals surface area contributed by atoms with Crippen LogP contribution in [-0.2, 0) is 4.79 Å². The number of thiol groups is 1. The van der Waals surface area contributed by atoms with Crippen molar-refractivity contribution in [1.29, 1.82) is 0 Å². The van der Waals surface area contributed by atoms with Crippen molar-refractivity contribution in [3.05, 3.63) is 29.8 Å². The summed E-state index contributed by atoms with van der Waals surface area (Å²) in [5.41, 5.74) is 8.25. The number of carbonyl (C=O) groups excluding carboxylic acids is 2. The Morgan fingerprint density at radius 1 is 1.35 bits per heavy atom. The molecule has 17 heavy (non-hydrogen) atoms. The zero-order valence-electron chi connectivity index (χ0n) is 9.01. The first-order valence-electron chi connectivity index (χ1n) is 4.86. The fraction of sp³-hybridized carbons (Fsp3) is 0.200. The molecule has 0 aliphatic rings. The predicted octanol–water partition coefficient (Wildman–Crippen LogP) is -0.713. The van der Waals surface area contributed by atoms with E-state index in [1.54, 1.807) is 24.3 Å². The van der Waals surface area contributed by atoms with E-state index in [9.17, 15) is 9.59 Å². The van der Waals surface area contributed by atoms with E-state index in [2.05, 4.69) is 17.9 Å². The highest BCUT2D eigenvalue weighted by atomic mass is 32.1. The zero-order chi connectivity index (χ0) is 12.8. The smallest absolute Gasteiger partial charge is 0.257 e. The molecule has 2 amide bonds. The molecule has 0 aliphatic heterocycles. The molecule has 0 radical (unpaired) electrons. The van der Waals surface area contributed by atoms with Crippen LogP contribution >= 0.6 is 12.6 Å². The van der Waals surface area contributed by atoms with Gasteiger partial charge in [0, 0.05) is 11.4 Å². The molecule has 1 aromatic rings. The number of hydrogen-bond donors (Lipinski definition) is 5. The number of para-hydroxylation sites is 1. The van der Waals surface area contributed by atoms with Crippen molar-refractivity contribution in [3.63, 3.8) is 0 Å². The van der Waals surface area contributed by atoms with Crippen molar-refractivity contribution in [1.82, 2.24) is 10.7 Å². The molecule has 6 nitrogen and oxygen atoms in total. The molecule has 0 saturated carbocycles. The van der Waals surface area contributed by atoms with Gasteiger partial charge in [-0.15, -0.1) is 0 Å². The van der Waals surface area contributed by atoms with Crippen molar-refractivity contribution >= 4 is 30.1 Å². The fourth-order valence-electron chi connectivity index (χ4n) is 1.23. The molecular formula is C10H14N4O2S. The Bertz CT molecular complexity index is 425. The van der Waals surface area contributed by atoms with Crippen LogP contribution in [-0.4, -0.2) is 23.6 Å². The van der Waals surface area contributed by atoms with Crippen LogP contribution in [0.5, 0.6) is 0 Å². The van der Waals surface area contributed by atoms with E-state index in [1.807, 2.05) is 5.43 Å². The lowest BCUT2D eigenvalue weighted by molar-refractivity contribution is -0.122. The number of benzene rings is 1. The van der Waals surface area contributed by atoms with E-state index in [1.165, 1.54) is 0 Å². The van der Waals surface area contributed by atoms with Crippen molar-refractivity contribution < 1.29 is 9.59 Å².